The van der Waals surface area contributed by atoms with Gasteiger partial charge in [-0.05, 0) is 25.9 Å². The highest BCUT2D eigenvalue weighted by atomic mass is 19.4. The van der Waals surface area contributed by atoms with Crippen LogP contribution in [0.3, 0.4) is 0 Å². The minimum Gasteiger partial charge on any atom is -0.352 e. The van der Waals surface area contributed by atoms with Crippen molar-refractivity contribution in [3.05, 3.63) is 0 Å². The SMILES string of the molecule is O=C1CN(C(=O)C(F)(F)F)C2(CCNCC2)CN1. The molecule has 0 saturated carbocycles. The maximum atomic E-state index is 12.6. The fraction of sp³-hybridized carbons (Fsp3) is 0.800. The maximum Gasteiger partial charge on any atom is 0.471 e. The maximum absolute atomic E-state index is 12.6. The topological polar surface area (TPSA) is 61.4 Å². The summed E-state index contributed by atoms with van der Waals surface area (Å²) in [5.41, 5.74) is -0.897. The lowest BCUT2D eigenvalue weighted by Gasteiger charge is -2.49. The molecule has 0 unspecified atom stereocenters. The first kappa shape index (κ1) is 13.1. The standard InChI is InChI=1S/C10H14F3N3O2/c11-10(12,13)8(18)16-5-7(17)15-6-9(16)1-3-14-4-2-9/h14H,1-6H2,(H,15,17). The molecule has 0 aliphatic carbocycles. The molecular formula is C10H14F3N3O2. The van der Waals surface area contributed by atoms with E-state index < -0.39 is 30.1 Å². The van der Waals surface area contributed by atoms with Crippen molar-refractivity contribution in [3.63, 3.8) is 0 Å². The summed E-state index contributed by atoms with van der Waals surface area (Å²) in [4.78, 5) is 23.4. The molecule has 0 atom stereocenters. The molecule has 2 aliphatic heterocycles. The summed E-state index contributed by atoms with van der Waals surface area (Å²) >= 11 is 0. The second kappa shape index (κ2) is 4.42. The Hall–Kier alpha value is -1.31. The first-order valence-corrected chi connectivity index (χ1v) is 5.71. The molecule has 0 radical (unpaired) electrons. The van der Waals surface area contributed by atoms with Crippen molar-refractivity contribution in [2.45, 2.75) is 24.6 Å². The number of amides is 2. The van der Waals surface area contributed by atoms with Crippen molar-refractivity contribution in [2.75, 3.05) is 26.2 Å². The Bertz CT molecular complexity index is 364. The second-order valence-corrected chi connectivity index (χ2v) is 4.64. The number of piperidine rings is 1. The number of hydrogen-bond donors (Lipinski definition) is 2. The van der Waals surface area contributed by atoms with E-state index in [4.69, 9.17) is 0 Å². The van der Waals surface area contributed by atoms with Crippen LogP contribution in [0.25, 0.3) is 0 Å². The monoisotopic (exact) mass is 265 g/mol. The summed E-state index contributed by atoms with van der Waals surface area (Å²) in [7, 11) is 0. The van der Waals surface area contributed by atoms with Gasteiger partial charge in [0.15, 0.2) is 0 Å². The quantitative estimate of drug-likeness (QED) is 0.628. The van der Waals surface area contributed by atoms with Gasteiger partial charge >= 0.3 is 12.1 Å². The second-order valence-electron chi connectivity index (χ2n) is 4.64. The average Bonchev–Trinajstić information content (AvgIpc) is 2.32. The zero-order valence-corrected chi connectivity index (χ0v) is 9.64. The lowest BCUT2D eigenvalue weighted by atomic mass is 9.84. The molecule has 2 saturated heterocycles. The first-order chi connectivity index (χ1) is 8.35. The molecule has 5 nitrogen and oxygen atoms in total. The van der Waals surface area contributed by atoms with Gasteiger partial charge < -0.3 is 15.5 Å². The van der Waals surface area contributed by atoms with Gasteiger partial charge in [0, 0.05) is 6.54 Å². The smallest absolute Gasteiger partial charge is 0.352 e. The van der Waals surface area contributed by atoms with Crippen LogP contribution in [0.4, 0.5) is 13.2 Å². The number of alkyl halides is 3. The summed E-state index contributed by atoms with van der Waals surface area (Å²) < 4.78 is 37.7. The largest absolute Gasteiger partial charge is 0.471 e. The van der Waals surface area contributed by atoms with Gasteiger partial charge in [0.1, 0.15) is 6.54 Å². The molecule has 2 fully saturated rings. The molecule has 0 aromatic carbocycles. The predicted octanol–water partition coefficient (Wildman–Crippen LogP) is -0.371. The van der Waals surface area contributed by atoms with Crippen molar-refractivity contribution in [2.24, 2.45) is 0 Å². The molecule has 0 aromatic heterocycles. The molecule has 2 N–H and O–H groups in total. The molecule has 1 spiro atoms. The number of hydrogen-bond acceptors (Lipinski definition) is 3. The summed E-state index contributed by atoms with van der Waals surface area (Å²) in [6.45, 7) is 0.655. The van der Waals surface area contributed by atoms with E-state index in [-0.39, 0.29) is 6.54 Å². The van der Waals surface area contributed by atoms with E-state index in [1.54, 1.807) is 0 Å². The van der Waals surface area contributed by atoms with Crippen LogP contribution in [0.5, 0.6) is 0 Å². The highest BCUT2D eigenvalue weighted by Gasteiger charge is 2.52. The van der Waals surface area contributed by atoms with Gasteiger partial charge in [0.25, 0.3) is 0 Å². The van der Waals surface area contributed by atoms with E-state index in [9.17, 15) is 22.8 Å². The van der Waals surface area contributed by atoms with Crippen LogP contribution in [0.2, 0.25) is 0 Å². The van der Waals surface area contributed by atoms with Crippen LogP contribution in [0, 0.1) is 0 Å². The van der Waals surface area contributed by atoms with E-state index in [0.29, 0.717) is 30.8 Å². The normalized spacial score (nSPS) is 23.9. The van der Waals surface area contributed by atoms with E-state index >= 15 is 0 Å². The lowest BCUT2D eigenvalue weighted by Crippen LogP contribution is -2.69. The van der Waals surface area contributed by atoms with Crippen LogP contribution in [0.15, 0.2) is 0 Å². The van der Waals surface area contributed by atoms with Crippen molar-refractivity contribution in [3.8, 4) is 0 Å². The Morgan fingerprint density at radius 3 is 2.44 bits per heavy atom. The number of rotatable bonds is 0. The highest BCUT2D eigenvalue weighted by molar-refractivity contribution is 5.89. The Kier molecular flexibility index (Phi) is 3.22. The molecular weight excluding hydrogens is 251 g/mol. The van der Waals surface area contributed by atoms with E-state index in [2.05, 4.69) is 10.6 Å². The van der Waals surface area contributed by atoms with Gasteiger partial charge in [-0.2, -0.15) is 13.2 Å². The molecule has 2 amide bonds. The summed E-state index contributed by atoms with van der Waals surface area (Å²) in [5.74, 6) is -2.46. The molecule has 2 rings (SSSR count). The summed E-state index contributed by atoms with van der Waals surface area (Å²) in [5, 5.41) is 5.58. The Labute approximate surface area is 102 Å². The number of nitrogens with zero attached hydrogens (tertiary/aromatic N) is 1. The van der Waals surface area contributed by atoms with Crippen LogP contribution in [0.1, 0.15) is 12.8 Å². The predicted molar refractivity (Wildman–Crippen MR) is 55.6 cm³/mol. The Morgan fingerprint density at radius 1 is 1.28 bits per heavy atom. The minimum atomic E-state index is -4.94. The van der Waals surface area contributed by atoms with Gasteiger partial charge in [0.05, 0.1) is 5.54 Å². The number of carbonyl (C=O) groups excluding carboxylic acids is 2. The third kappa shape index (κ3) is 2.29. The van der Waals surface area contributed by atoms with Crippen LogP contribution < -0.4 is 10.6 Å². The molecule has 18 heavy (non-hydrogen) atoms. The third-order valence-electron chi connectivity index (χ3n) is 3.51. The van der Waals surface area contributed by atoms with Gasteiger partial charge in [-0.25, -0.2) is 0 Å². The van der Waals surface area contributed by atoms with E-state index in [1.165, 1.54) is 0 Å². The number of piperazine rings is 1. The lowest BCUT2D eigenvalue weighted by molar-refractivity contribution is -0.195. The number of carbonyl (C=O) groups is 2. The van der Waals surface area contributed by atoms with Gasteiger partial charge in [0.2, 0.25) is 5.91 Å². The molecule has 102 valence electrons. The first-order valence-electron chi connectivity index (χ1n) is 5.71. The van der Waals surface area contributed by atoms with Crippen LogP contribution in [-0.2, 0) is 9.59 Å². The van der Waals surface area contributed by atoms with Crippen molar-refractivity contribution < 1.29 is 22.8 Å². The Balaban J connectivity index is 2.26. The zero-order chi connectivity index (χ0) is 13.4. The molecule has 2 heterocycles. The summed E-state index contributed by atoms with van der Waals surface area (Å²) in [6, 6.07) is 0. The zero-order valence-electron chi connectivity index (χ0n) is 9.64. The molecule has 8 heteroatoms. The molecule has 0 aromatic rings. The summed E-state index contributed by atoms with van der Waals surface area (Å²) in [6.07, 6.45) is -4.11. The van der Waals surface area contributed by atoms with Crippen molar-refractivity contribution in [1.82, 2.24) is 15.5 Å². The van der Waals surface area contributed by atoms with E-state index in [0.717, 1.165) is 0 Å². The highest BCUT2D eigenvalue weighted by Crippen LogP contribution is 2.32. The van der Waals surface area contributed by atoms with Gasteiger partial charge in [-0.15, -0.1) is 0 Å². The van der Waals surface area contributed by atoms with Gasteiger partial charge in [-0.3, -0.25) is 9.59 Å². The number of nitrogens with one attached hydrogen (secondary N) is 2. The van der Waals surface area contributed by atoms with E-state index in [1.807, 2.05) is 0 Å². The third-order valence-corrected chi connectivity index (χ3v) is 3.51. The fourth-order valence-corrected chi connectivity index (χ4v) is 2.50. The van der Waals surface area contributed by atoms with Gasteiger partial charge in [-0.1, -0.05) is 0 Å². The minimum absolute atomic E-state index is 0.0926. The van der Waals surface area contributed by atoms with Crippen LogP contribution in [-0.4, -0.2) is 54.6 Å². The van der Waals surface area contributed by atoms with Crippen molar-refractivity contribution in [1.29, 1.82) is 0 Å². The number of halogens is 3. The van der Waals surface area contributed by atoms with Crippen LogP contribution >= 0.6 is 0 Å². The van der Waals surface area contributed by atoms with Crippen molar-refractivity contribution >= 4 is 11.8 Å². The average molecular weight is 265 g/mol. The fourth-order valence-electron chi connectivity index (χ4n) is 2.50. The Morgan fingerprint density at radius 2 is 1.89 bits per heavy atom. The molecule has 2 aliphatic rings. The molecule has 0 bridgehead atoms.